The number of H-pyrrole nitrogens is 1. The molecule has 1 N–H and O–H groups in total. The molecule has 0 radical (unpaired) electrons. The second-order valence-electron chi connectivity index (χ2n) is 7.09. The highest BCUT2D eigenvalue weighted by atomic mass is 19.1. The number of imidazole rings is 1. The number of rotatable bonds is 3. The average molecular weight is 420 g/mol. The van der Waals surface area contributed by atoms with Gasteiger partial charge >= 0.3 is 6.01 Å². The first kappa shape index (κ1) is 17.7. The van der Waals surface area contributed by atoms with Crippen molar-refractivity contribution in [3.8, 4) is 11.6 Å². The summed E-state index contributed by atoms with van der Waals surface area (Å²) >= 11 is 0. The maximum Gasteiger partial charge on any atom is 0.319 e. The third-order valence-corrected chi connectivity index (χ3v) is 5.30. The molecule has 6 rings (SSSR count). The van der Waals surface area contributed by atoms with Crippen LogP contribution < -0.4 is 4.90 Å². The molecule has 1 aliphatic rings. The van der Waals surface area contributed by atoms with Crippen LogP contribution in [0.25, 0.3) is 17.1 Å². The number of nitrogens with zero attached hydrogens (tertiary/aromatic N) is 7. The first-order chi connectivity index (χ1) is 15.2. The summed E-state index contributed by atoms with van der Waals surface area (Å²) in [5, 5.41) is 12.6. The molecule has 1 atom stereocenters. The monoisotopic (exact) mass is 420 g/mol. The fourth-order valence-corrected chi connectivity index (χ4v) is 3.89. The molecule has 1 aliphatic heterocycles. The highest BCUT2D eigenvalue weighted by molar-refractivity contribution is 5.54. The van der Waals surface area contributed by atoms with Crippen molar-refractivity contribution in [1.29, 1.82) is 0 Å². The van der Waals surface area contributed by atoms with Gasteiger partial charge in [0.25, 0.3) is 5.89 Å². The van der Waals surface area contributed by atoms with Crippen LogP contribution in [-0.2, 0) is 6.42 Å². The molecule has 154 valence electrons. The second kappa shape index (κ2) is 6.69. The van der Waals surface area contributed by atoms with Crippen molar-refractivity contribution in [3.05, 3.63) is 77.8 Å². The summed E-state index contributed by atoms with van der Waals surface area (Å²) in [6.07, 6.45) is 5.39. The molecular formula is C20H14F2N8O. The van der Waals surface area contributed by atoms with Gasteiger partial charge in [0.1, 0.15) is 17.4 Å². The molecule has 0 aliphatic carbocycles. The fraction of sp³-hybridized carbons (Fsp3) is 0.150. The van der Waals surface area contributed by atoms with E-state index < -0.39 is 11.9 Å². The zero-order valence-corrected chi connectivity index (χ0v) is 15.9. The van der Waals surface area contributed by atoms with Crippen LogP contribution in [0.4, 0.5) is 14.8 Å². The normalized spacial score (nSPS) is 16.1. The van der Waals surface area contributed by atoms with Crippen LogP contribution in [-0.4, -0.2) is 41.3 Å². The molecule has 0 spiro atoms. The number of hydrogen-bond acceptors (Lipinski definition) is 7. The summed E-state index contributed by atoms with van der Waals surface area (Å²) in [6.45, 7) is 0.516. The molecule has 6 heterocycles. The molecular weight excluding hydrogens is 406 g/mol. The summed E-state index contributed by atoms with van der Waals surface area (Å²) in [4.78, 5) is 13.4. The summed E-state index contributed by atoms with van der Waals surface area (Å²) in [6, 6.07) is 7.09. The predicted molar refractivity (Wildman–Crippen MR) is 104 cm³/mol. The largest absolute Gasteiger partial charge is 0.401 e. The Labute approximate surface area is 173 Å². The second-order valence-corrected chi connectivity index (χ2v) is 7.09. The Morgan fingerprint density at radius 2 is 2.00 bits per heavy atom. The smallest absolute Gasteiger partial charge is 0.319 e. The van der Waals surface area contributed by atoms with Crippen molar-refractivity contribution >= 4 is 11.5 Å². The number of halogens is 2. The van der Waals surface area contributed by atoms with E-state index in [1.54, 1.807) is 24.7 Å². The third kappa shape index (κ3) is 2.77. The zero-order valence-electron chi connectivity index (χ0n) is 15.9. The van der Waals surface area contributed by atoms with E-state index in [9.17, 15) is 8.78 Å². The molecule has 11 heteroatoms. The molecule has 0 unspecified atom stereocenters. The Morgan fingerprint density at radius 1 is 1.10 bits per heavy atom. The minimum Gasteiger partial charge on any atom is -0.401 e. The van der Waals surface area contributed by atoms with Crippen molar-refractivity contribution in [2.24, 2.45) is 0 Å². The molecule has 0 fully saturated rings. The molecule has 0 bridgehead atoms. The van der Waals surface area contributed by atoms with Gasteiger partial charge in [-0.25, -0.2) is 23.3 Å². The predicted octanol–water partition coefficient (Wildman–Crippen LogP) is 2.93. The van der Waals surface area contributed by atoms with Crippen molar-refractivity contribution in [1.82, 2.24) is 34.8 Å². The number of pyridine rings is 2. The van der Waals surface area contributed by atoms with Gasteiger partial charge in [0.2, 0.25) is 0 Å². The van der Waals surface area contributed by atoms with Crippen molar-refractivity contribution in [3.63, 3.8) is 0 Å². The Bertz CT molecular complexity index is 1410. The van der Waals surface area contributed by atoms with Gasteiger partial charge in [-0.1, -0.05) is 5.10 Å². The van der Waals surface area contributed by atoms with Gasteiger partial charge < -0.3 is 14.3 Å². The lowest BCUT2D eigenvalue weighted by Crippen LogP contribution is -2.36. The van der Waals surface area contributed by atoms with E-state index >= 15 is 0 Å². The Morgan fingerprint density at radius 3 is 2.87 bits per heavy atom. The summed E-state index contributed by atoms with van der Waals surface area (Å²) < 4.78 is 35.6. The summed E-state index contributed by atoms with van der Waals surface area (Å²) in [7, 11) is 0. The van der Waals surface area contributed by atoms with Gasteiger partial charge in [-0.15, -0.1) is 5.10 Å². The molecule has 5 aromatic heterocycles. The minimum atomic E-state index is -0.557. The SMILES string of the molecule is Fc1cccnc1-c1nnc(N2CCc3[nH]cnc3[C@H]2c2cc3c(F)cccn3n2)o1. The minimum absolute atomic E-state index is 0.0231. The molecule has 31 heavy (non-hydrogen) atoms. The van der Waals surface area contributed by atoms with E-state index in [-0.39, 0.29) is 23.4 Å². The molecule has 0 saturated carbocycles. The first-order valence-electron chi connectivity index (χ1n) is 9.56. The highest BCUT2D eigenvalue weighted by Gasteiger charge is 2.36. The lowest BCUT2D eigenvalue weighted by molar-refractivity contribution is 0.499. The van der Waals surface area contributed by atoms with Crippen LogP contribution in [0.15, 0.2) is 53.5 Å². The van der Waals surface area contributed by atoms with Gasteiger partial charge in [-0.2, -0.15) is 5.10 Å². The maximum atomic E-state index is 14.3. The van der Waals surface area contributed by atoms with E-state index in [1.807, 2.05) is 4.90 Å². The average Bonchev–Trinajstić information content (AvgIpc) is 3.52. The first-order valence-corrected chi connectivity index (χ1v) is 9.56. The van der Waals surface area contributed by atoms with Gasteiger partial charge in [0.05, 0.1) is 17.7 Å². The Kier molecular flexibility index (Phi) is 3.82. The lowest BCUT2D eigenvalue weighted by Gasteiger charge is -2.32. The third-order valence-electron chi connectivity index (χ3n) is 5.30. The standard InChI is InChI=1S/C20H14F2N8O/c21-11-4-2-7-30-15(11)9-14(28-30)18-17-13(24-10-25-17)5-8-29(18)20-27-26-19(31-20)16-12(22)3-1-6-23-16/h1-4,6-7,9-10,18H,5,8H2,(H,24,25)/t18-/m1/s1. The number of nitrogens with one attached hydrogen (secondary N) is 1. The van der Waals surface area contributed by atoms with Crippen LogP contribution in [0.3, 0.4) is 0 Å². The molecule has 0 amide bonds. The number of anilines is 1. The van der Waals surface area contributed by atoms with Crippen molar-refractivity contribution in [2.75, 3.05) is 11.4 Å². The van der Waals surface area contributed by atoms with E-state index in [0.29, 0.717) is 24.2 Å². The van der Waals surface area contributed by atoms with E-state index in [2.05, 4.69) is 30.2 Å². The van der Waals surface area contributed by atoms with Gasteiger partial charge in [-0.05, 0) is 30.3 Å². The van der Waals surface area contributed by atoms with Gasteiger partial charge in [0.15, 0.2) is 11.5 Å². The van der Waals surface area contributed by atoms with Crippen LogP contribution in [0.5, 0.6) is 0 Å². The molecule has 9 nitrogen and oxygen atoms in total. The van der Waals surface area contributed by atoms with Crippen LogP contribution in [0.1, 0.15) is 23.1 Å². The zero-order chi connectivity index (χ0) is 20.9. The lowest BCUT2D eigenvalue weighted by atomic mass is 10.0. The highest BCUT2D eigenvalue weighted by Crippen LogP contribution is 2.37. The van der Waals surface area contributed by atoms with Crippen molar-refractivity contribution in [2.45, 2.75) is 12.5 Å². The Hall–Kier alpha value is -4.15. The molecule has 5 aromatic rings. The van der Waals surface area contributed by atoms with Crippen LogP contribution in [0, 0.1) is 11.6 Å². The number of aromatic nitrogens is 7. The molecule has 0 saturated heterocycles. The molecule has 0 aromatic carbocycles. The summed E-state index contributed by atoms with van der Waals surface area (Å²) in [5.74, 6) is -0.962. The Balaban J connectivity index is 1.46. The van der Waals surface area contributed by atoms with Crippen molar-refractivity contribution < 1.29 is 13.2 Å². The number of hydrogen-bond donors (Lipinski definition) is 1. The van der Waals surface area contributed by atoms with Gasteiger partial charge in [0, 0.05) is 31.1 Å². The topological polar surface area (TPSA) is 101 Å². The van der Waals surface area contributed by atoms with E-state index in [0.717, 1.165) is 11.4 Å². The van der Waals surface area contributed by atoms with E-state index in [4.69, 9.17) is 4.42 Å². The number of aromatic amines is 1. The fourth-order valence-electron chi connectivity index (χ4n) is 3.89. The quantitative estimate of drug-likeness (QED) is 0.479. The van der Waals surface area contributed by atoms with Crippen LogP contribution >= 0.6 is 0 Å². The van der Waals surface area contributed by atoms with Crippen LogP contribution in [0.2, 0.25) is 0 Å². The van der Waals surface area contributed by atoms with Gasteiger partial charge in [-0.3, -0.25) is 0 Å². The number of fused-ring (bicyclic) bond motifs is 2. The maximum absolute atomic E-state index is 14.3. The summed E-state index contributed by atoms with van der Waals surface area (Å²) in [5.41, 5.74) is 2.59. The van der Waals surface area contributed by atoms with E-state index in [1.165, 1.54) is 28.9 Å².